The first-order chi connectivity index (χ1) is 17.4. The molecular weight excluding hydrogens is 498 g/mol. The molecule has 0 saturated carbocycles. The summed E-state index contributed by atoms with van der Waals surface area (Å²) in [5.41, 5.74) is 2.14. The molecule has 3 aromatic carbocycles. The van der Waals surface area contributed by atoms with E-state index in [-0.39, 0.29) is 15.9 Å². The summed E-state index contributed by atoms with van der Waals surface area (Å²) >= 11 is 5.26. The molecule has 1 aliphatic heterocycles. The van der Waals surface area contributed by atoms with Crippen LogP contribution in [0.3, 0.4) is 0 Å². The summed E-state index contributed by atoms with van der Waals surface area (Å²) in [6.07, 6.45) is 0.762. The van der Waals surface area contributed by atoms with Gasteiger partial charge in [-0.2, -0.15) is 4.31 Å². The average Bonchev–Trinajstić information content (AvgIpc) is 2.90. The van der Waals surface area contributed by atoms with Crippen LogP contribution in [0.4, 0.5) is 5.69 Å². The highest BCUT2D eigenvalue weighted by Crippen LogP contribution is 2.20. The average molecular weight is 526 g/mol. The highest BCUT2D eigenvalue weighted by molar-refractivity contribution is 7.89. The van der Waals surface area contributed by atoms with Crippen molar-refractivity contribution in [3.8, 4) is 5.75 Å². The number of rotatable bonds is 8. The van der Waals surface area contributed by atoms with Gasteiger partial charge in [0.15, 0.2) is 5.11 Å². The summed E-state index contributed by atoms with van der Waals surface area (Å²) in [4.78, 5) is 12.9. The van der Waals surface area contributed by atoms with Gasteiger partial charge in [0, 0.05) is 30.8 Å². The van der Waals surface area contributed by atoms with Gasteiger partial charge in [-0.3, -0.25) is 10.1 Å². The minimum atomic E-state index is -3.58. The van der Waals surface area contributed by atoms with Crippen LogP contribution < -0.4 is 15.4 Å². The van der Waals surface area contributed by atoms with Crippen molar-refractivity contribution < 1.29 is 22.7 Å². The van der Waals surface area contributed by atoms with E-state index < -0.39 is 10.0 Å². The highest BCUT2D eigenvalue weighted by Gasteiger charge is 2.26. The van der Waals surface area contributed by atoms with Crippen molar-refractivity contribution in [2.75, 3.05) is 38.2 Å². The number of carbonyl (C=O) groups excluding carboxylic acids is 1. The Kier molecular flexibility index (Phi) is 8.65. The van der Waals surface area contributed by atoms with Crippen molar-refractivity contribution in [2.45, 2.75) is 11.3 Å². The summed E-state index contributed by atoms with van der Waals surface area (Å²) in [5, 5.41) is 5.64. The molecule has 2 N–H and O–H groups in total. The summed E-state index contributed by atoms with van der Waals surface area (Å²) in [6, 6.07) is 23.1. The number of nitrogens with one attached hydrogen (secondary N) is 2. The standard InChI is InChI=1S/C26H27N3O5S2/c30-25(21-7-4-8-23(19-21)34-16-13-20-5-2-1-3-6-20)28-26(35)27-22-9-11-24(12-10-22)36(31,32)29-14-17-33-18-15-29/h1-12,19H,13-18H2,(H2,27,28,30,35). The molecule has 1 fully saturated rings. The Hall–Kier alpha value is -3.31. The van der Waals surface area contributed by atoms with E-state index in [0.29, 0.717) is 49.9 Å². The molecule has 0 atom stereocenters. The van der Waals surface area contributed by atoms with Crippen molar-refractivity contribution in [3.05, 3.63) is 90.0 Å². The second-order valence-corrected chi connectivity index (χ2v) is 10.4. The van der Waals surface area contributed by atoms with Gasteiger partial charge in [0.25, 0.3) is 5.91 Å². The van der Waals surface area contributed by atoms with Crippen LogP contribution in [-0.2, 0) is 21.2 Å². The van der Waals surface area contributed by atoms with Crippen LogP contribution in [0.25, 0.3) is 0 Å². The van der Waals surface area contributed by atoms with Crippen LogP contribution in [-0.4, -0.2) is 56.7 Å². The Balaban J connectivity index is 1.29. The molecule has 0 aromatic heterocycles. The Morgan fingerprint density at radius 1 is 0.972 bits per heavy atom. The van der Waals surface area contributed by atoms with Crippen molar-refractivity contribution in [2.24, 2.45) is 0 Å². The second-order valence-electron chi connectivity index (χ2n) is 8.06. The van der Waals surface area contributed by atoms with Crippen molar-refractivity contribution in [3.63, 3.8) is 0 Å². The lowest BCUT2D eigenvalue weighted by atomic mass is 10.2. The third-order valence-electron chi connectivity index (χ3n) is 5.55. The van der Waals surface area contributed by atoms with E-state index in [1.165, 1.54) is 22.0 Å². The van der Waals surface area contributed by atoms with Gasteiger partial charge in [-0.15, -0.1) is 0 Å². The van der Waals surface area contributed by atoms with E-state index in [9.17, 15) is 13.2 Å². The van der Waals surface area contributed by atoms with E-state index in [1.54, 1.807) is 36.4 Å². The summed E-state index contributed by atoms with van der Waals surface area (Å²) in [7, 11) is -3.58. The number of ether oxygens (including phenoxy) is 2. The fourth-order valence-corrected chi connectivity index (χ4v) is 5.26. The SMILES string of the molecule is O=C(NC(=S)Nc1ccc(S(=O)(=O)N2CCOCC2)cc1)c1cccc(OCCc2ccccc2)c1. The Labute approximate surface area is 216 Å². The lowest BCUT2D eigenvalue weighted by Gasteiger charge is -2.26. The number of carbonyl (C=O) groups is 1. The zero-order valence-electron chi connectivity index (χ0n) is 19.6. The molecule has 4 rings (SSSR count). The molecular formula is C26H27N3O5S2. The highest BCUT2D eigenvalue weighted by atomic mass is 32.2. The smallest absolute Gasteiger partial charge is 0.257 e. The van der Waals surface area contributed by atoms with Gasteiger partial charge < -0.3 is 14.8 Å². The topological polar surface area (TPSA) is 97.0 Å². The number of amides is 1. The van der Waals surface area contributed by atoms with Gasteiger partial charge in [-0.1, -0.05) is 36.4 Å². The monoisotopic (exact) mass is 525 g/mol. The summed E-state index contributed by atoms with van der Waals surface area (Å²) in [5.74, 6) is 0.210. The molecule has 1 amide bonds. The predicted molar refractivity (Wildman–Crippen MR) is 142 cm³/mol. The predicted octanol–water partition coefficient (Wildman–Crippen LogP) is 3.46. The molecule has 36 heavy (non-hydrogen) atoms. The zero-order valence-corrected chi connectivity index (χ0v) is 21.2. The lowest BCUT2D eigenvalue weighted by Crippen LogP contribution is -2.40. The lowest BCUT2D eigenvalue weighted by molar-refractivity contribution is 0.0730. The number of hydrogen-bond donors (Lipinski definition) is 2. The minimum Gasteiger partial charge on any atom is -0.493 e. The number of benzene rings is 3. The van der Waals surface area contributed by atoms with Gasteiger partial charge in [0.05, 0.1) is 24.7 Å². The number of thiocarbonyl (C=S) groups is 1. The first kappa shape index (κ1) is 25.8. The molecule has 188 valence electrons. The number of sulfonamides is 1. The van der Waals surface area contributed by atoms with Gasteiger partial charge >= 0.3 is 0 Å². The van der Waals surface area contributed by atoms with E-state index in [2.05, 4.69) is 10.6 Å². The number of hydrogen-bond acceptors (Lipinski definition) is 6. The van der Waals surface area contributed by atoms with E-state index in [0.717, 1.165) is 6.42 Å². The summed E-state index contributed by atoms with van der Waals surface area (Å²) in [6.45, 7) is 1.92. The largest absolute Gasteiger partial charge is 0.493 e. The van der Waals surface area contributed by atoms with E-state index in [1.807, 2.05) is 30.3 Å². The fourth-order valence-electron chi connectivity index (χ4n) is 3.64. The number of nitrogens with zero attached hydrogens (tertiary/aromatic N) is 1. The summed E-state index contributed by atoms with van der Waals surface area (Å²) < 4.78 is 37.9. The first-order valence-electron chi connectivity index (χ1n) is 11.5. The normalized spacial score (nSPS) is 14.1. The fraction of sp³-hybridized carbons (Fsp3) is 0.231. The van der Waals surface area contributed by atoms with Crippen molar-refractivity contribution in [1.29, 1.82) is 0 Å². The minimum absolute atomic E-state index is 0.0965. The molecule has 1 aliphatic rings. The van der Waals surface area contributed by atoms with Crippen LogP contribution >= 0.6 is 12.2 Å². The molecule has 0 spiro atoms. The molecule has 8 nitrogen and oxygen atoms in total. The number of morpholine rings is 1. The maximum atomic E-state index is 12.7. The van der Waals surface area contributed by atoms with Crippen LogP contribution in [0.1, 0.15) is 15.9 Å². The van der Waals surface area contributed by atoms with E-state index in [4.69, 9.17) is 21.7 Å². The molecule has 0 aliphatic carbocycles. The van der Waals surface area contributed by atoms with Crippen molar-refractivity contribution >= 4 is 38.9 Å². The van der Waals surface area contributed by atoms with Crippen LogP contribution in [0.5, 0.6) is 5.75 Å². The molecule has 1 saturated heterocycles. The maximum Gasteiger partial charge on any atom is 0.257 e. The van der Waals surface area contributed by atoms with Crippen LogP contribution in [0.15, 0.2) is 83.8 Å². The molecule has 1 heterocycles. The Morgan fingerprint density at radius 2 is 1.69 bits per heavy atom. The Morgan fingerprint density at radius 3 is 2.42 bits per heavy atom. The quantitative estimate of drug-likeness (QED) is 0.435. The number of anilines is 1. The zero-order chi connectivity index (χ0) is 25.4. The molecule has 3 aromatic rings. The maximum absolute atomic E-state index is 12.7. The van der Waals surface area contributed by atoms with Crippen LogP contribution in [0.2, 0.25) is 0 Å². The van der Waals surface area contributed by atoms with Crippen molar-refractivity contribution in [1.82, 2.24) is 9.62 Å². The molecule has 0 radical (unpaired) electrons. The molecule has 0 bridgehead atoms. The van der Waals surface area contributed by atoms with Gasteiger partial charge in [0.1, 0.15) is 5.75 Å². The molecule has 0 unspecified atom stereocenters. The van der Waals surface area contributed by atoms with Gasteiger partial charge in [-0.05, 0) is 60.2 Å². The van der Waals surface area contributed by atoms with Gasteiger partial charge in [0.2, 0.25) is 10.0 Å². The van der Waals surface area contributed by atoms with E-state index >= 15 is 0 Å². The van der Waals surface area contributed by atoms with Crippen LogP contribution in [0, 0.1) is 0 Å². The van der Waals surface area contributed by atoms with Gasteiger partial charge in [-0.25, -0.2) is 8.42 Å². The first-order valence-corrected chi connectivity index (χ1v) is 13.3. The second kappa shape index (κ2) is 12.1. The third-order valence-corrected chi connectivity index (χ3v) is 7.66. The third kappa shape index (κ3) is 6.88. The molecule has 10 heteroatoms. The Bertz CT molecular complexity index is 1290.